The van der Waals surface area contributed by atoms with E-state index in [0.29, 0.717) is 23.6 Å². The van der Waals surface area contributed by atoms with Crippen LogP contribution in [0.1, 0.15) is 81.9 Å². The highest BCUT2D eigenvalue weighted by atomic mass is 32.1. The molecule has 5 N–H and O–H groups in total. The van der Waals surface area contributed by atoms with Gasteiger partial charge in [0, 0.05) is 11.7 Å². The summed E-state index contributed by atoms with van der Waals surface area (Å²) in [6.45, 7) is 6.33. The standard InChI is InChI=1S/C29H35N5O4S/c1-4-38-22-14-11-19(12-15-22)25(28(36)32-20-8-6-5-7-9-20)34(21-13-10-17(2)18(3)16-21)29(37)26-23(30)24(27(31)35)33-39-26/h10-16,20,25H,4-9,30H2,1-3H3,(H2,31,35)(H,32,36)/t25-/m0/s1. The van der Waals surface area contributed by atoms with Crippen molar-refractivity contribution in [3.63, 3.8) is 0 Å². The molecule has 0 aliphatic heterocycles. The first-order valence-corrected chi connectivity index (χ1v) is 14.0. The maximum absolute atomic E-state index is 14.2. The third-order valence-electron chi connectivity index (χ3n) is 7.11. The molecule has 0 saturated heterocycles. The molecule has 9 nitrogen and oxygen atoms in total. The Morgan fingerprint density at radius 2 is 1.77 bits per heavy atom. The van der Waals surface area contributed by atoms with E-state index < -0.39 is 17.9 Å². The molecule has 2 aromatic carbocycles. The molecule has 4 rings (SSSR count). The number of anilines is 2. The average molecular weight is 550 g/mol. The number of hydrogen-bond acceptors (Lipinski definition) is 7. The molecule has 1 aliphatic carbocycles. The molecule has 3 aromatic rings. The van der Waals surface area contributed by atoms with E-state index in [1.807, 2.05) is 39.0 Å². The number of carbonyl (C=O) groups excluding carboxylic acids is 3. The molecular formula is C29H35N5O4S. The smallest absolute Gasteiger partial charge is 0.273 e. The van der Waals surface area contributed by atoms with Crippen LogP contribution in [0, 0.1) is 13.8 Å². The number of carbonyl (C=O) groups is 3. The number of benzene rings is 2. The van der Waals surface area contributed by atoms with Crippen LogP contribution in [0.5, 0.6) is 5.75 Å². The third kappa shape index (κ3) is 6.22. The number of ether oxygens (including phenoxy) is 1. The number of hydrogen-bond donors (Lipinski definition) is 3. The van der Waals surface area contributed by atoms with Crippen LogP contribution in [-0.4, -0.2) is 34.7 Å². The molecular weight excluding hydrogens is 514 g/mol. The summed E-state index contributed by atoms with van der Waals surface area (Å²) >= 11 is 0.793. The summed E-state index contributed by atoms with van der Waals surface area (Å²) in [5.74, 6) is -0.998. The van der Waals surface area contributed by atoms with Crippen molar-refractivity contribution in [1.29, 1.82) is 0 Å². The third-order valence-corrected chi connectivity index (χ3v) is 7.96. The fourth-order valence-corrected chi connectivity index (χ4v) is 5.60. The Balaban J connectivity index is 1.85. The van der Waals surface area contributed by atoms with Crippen LogP contribution in [-0.2, 0) is 4.79 Å². The lowest BCUT2D eigenvalue weighted by atomic mass is 9.94. The first-order chi connectivity index (χ1) is 18.7. The van der Waals surface area contributed by atoms with E-state index >= 15 is 0 Å². The molecule has 3 amide bonds. The van der Waals surface area contributed by atoms with Gasteiger partial charge in [-0.05, 0) is 86.1 Å². The van der Waals surface area contributed by atoms with Gasteiger partial charge in [0.1, 0.15) is 16.7 Å². The van der Waals surface area contributed by atoms with Crippen molar-refractivity contribution in [2.24, 2.45) is 5.73 Å². The number of primary amides is 1. The fraction of sp³-hybridized carbons (Fsp3) is 0.379. The second-order valence-electron chi connectivity index (χ2n) is 9.83. The van der Waals surface area contributed by atoms with Gasteiger partial charge in [-0.3, -0.25) is 19.3 Å². The lowest BCUT2D eigenvalue weighted by Gasteiger charge is -2.33. The summed E-state index contributed by atoms with van der Waals surface area (Å²) in [4.78, 5) is 41.6. The Hall–Kier alpha value is -3.92. The van der Waals surface area contributed by atoms with E-state index in [2.05, 4.69) is 9.69 Å². The summed E-state index contributed by atoms with van der Waals surface area (Å²) in [6.07, 6.45) is 5.03. The van der Waals surface area contributed by atoms with E-state index in [0.717, 1.165) is 54.8 Å². The van der Waals surface area contributed by atoms with Crippen molar-refractivity contribution in [3.8, 4) is 5.75 Å². The highest BCUT2D eigenvalue weighted by Gasteiger charge is 2.37. The Morgan fingerprint density at radius 3 is 2.36 bits per heavy atom. The highest BCUT2D eigenvalue weighted by molar-refractivity contribution is 7.09. The lowest BCUT2D eigenvalue weighted by molar-refractivity contribution is -0.123. The van der Waals surface area contributed by atoms with E-state index in [4.69, 9.17) is 16.2 Å². The Labute approximate surface area is 232 Å². The number of aryl methyl sites for hydroxylation is 2. The first-order valence-electron chi connectivity index (χ1n) is 13.2. The van der Waals surface area contributed by atoms with Gasteiger partial charge >= 0.3 is 0 Å². The topological polar surface area (TPSA) is 141 Å². The van der Waals surface area contributed by atoms with Crippen LogP contribution in [0.15, 0.2) is 42.5 Å². The average Bonchev–Trinajstić information content (AvgIpc) is 3.31. The van der Waals surface area contributed by atoms with E-state index in [1.165, 1.54) is 4.90 Å². The van der Waals surface area contributed by atoms with Crippen molar-refractivity contribution in [3.05, 3.63) is 69.7 Å². The number of nitrogens with zero attached hydrogens (tertiary/aromatic N) is 2. The van der Waals surface area contributed by atoms with Crippen molar-refractivity contribution >= 4 is 40.6 Å². The molecule has 39 heavy (non-hydrogen) atoms. The first kappa shape index (κ1) is 28.1. The molecule has 1 heterocycles. The Morgan fingerprint density at radius 1 is 1.08 bits per heavy atom. The lowest BCUT2D eigenvalue weighted by Crippen LogP contribution is -2.47. The largest absolute Gasteiger partial charge is 0.494 e. The predicted molar refractivity (Wildman–Crippen MR) is 153 cm³/mol. The van der Waals surface area contributed by atoms with Crippen LogP contribution in [0.25, 0.3) is 0 Å². The minimum Gasteiger partial charge on any atom is -0.494 e. The molecule has 1 fully saturated rings. The molecule has 0 bridgehead atoms. The van der Waals surface area contributed by atoms with Gasteiger partial charge in [-0.1, -0.05) is 37.5 Å². The molecule has 206 valence electrons. The Kier molecular flexibility index (Phi) is 8.86. The molecule has 0 spiro atoms. The van der Waals surface area contributed by atoms with Crippen LogP contribution in [0.4, 0.5) is 11.4 Å². The zero-order chi connectivity index (χ0) is 28.1. The van der Waals surface area contributed by atoms with Crippen molar-refractivity contribution in [2.45, 2.75) is 65.0 Å². The molecule has 0 unspecified atom stereocenters. The maximum Gasteiger partial charge on any atom is 0.273 e. The SMILES string of the molecule is CCOc1ccc([C@@H](C(=O)NC2CCCCC2)N(C(=O)c2snc(C(N)=O)c2N)c2ccc(C)c(C)c2)cc1. The summed E-state index contributed by atoms with van der Waals surface area (Å²) in [5, 5.41) is 3.20. The van der Waals surface area contributed by atoms with Crippen LogP contribution in [0.2, 0.25) is 0 Å². The maximum atomic E-state index is 14.2. The summed E-state index contributed by atoms with van der Waals surface area (Å²) < 4.78 is 9.63. The quantitative estimate of drug-likeness (QED) is 0.354. The zero-order valence-corrected chi connectivity index (χ0v) is 23.3. The molecule has 1 aliphatic rings. The molecule has 0 radical (unpaired) electrons. The van der Waals surface area contributed by atoms with Gasteiger partial charge in [-0.25, -0.2) is 0 Å². The van der Waals surface area contributed by atoms with E-state index in [1.54, 1.807) is 24.3 Å². The van der Waals surface area contributed by atoms with Crippen LogP contribution in [0.3, 0.4) is 0 Å². The number of rotatable bonds is 9. The van der Waals surface area contributed by atoms with Crippen LogP contribution >= 0.6 is 11.5 Å². The van der Waals surface area contributed by atoms with Crippen molar-refractivity contribution < 1.29 is 19.1 Å². The second-order valence-corrected chi connectivity index (χ2v) is 10.6. The normalized spacial score (nSPS) is 14.4. The van der Waals surface area contributed by atoms with Gasteiger partial charge < -0.3 is 21.5 Å². The monoisotopic (exact) mass is 549 g/mol. The molecule has 10 heteroatoms. The van der Waals surface area contributed by atoms with E-state index in [-0.39, 0.29) is 28.2 Å². The van der Waals surface area contributed by atoms with Gasteiger partial charge in [0.2, 0.25) is 5.91 Å². The highest BCUT2D eigenvalue weighted by Crippen LogP contribution is 2.35. The second kappa shape index (κ2) is 12.3. The molecule has 1 atom stereocenters. The van der Waals surface area contributed by atoms with Crippen molar-refractivity contribution in [1.82, 2.24) is 9.69 Å². The number of nitrogens with one attached hydrogen (secondary N) is 1. The minimum absolute atomic E-state index is 0.0306. The molecule has 1 aromatic heterocycles. The predicted octanol–water partition coefficient (Wildman–Crippen LogP) is 4.68. The van der Waals surface area contributed by atoms with Gasteiger partial charge in [-0.2, -0.15) is 4.37 Å². The van der Waals surface area contributed by atoms with Gasteiger partial charge in [-0.15, -0.1) is 0 Å². The number of nitrogen functional groups attached to an aromatic ring is 1. The number of aromatic nitrogens is 1. The van der Waals surface area contributed by atoms with Gasteiger partial charge in [0.05, 0.1) is 12.3 Å². The number of nitrogens with two attached hydrogens (primary N) is 2. The minimum atomic E-state index is -1.02. The van der Waals surface area contributed by atoms with Crippen molar-refractivity contribution in [2.75, 3.05) is 17.2 Å². The zero-order valence-electron chi connectivity index (χ0n) is 22.5. The van der Waals surface area contributed by atoms with Gasteiger partial charge in [0.15, 0.2) is 5.69 Å². The summed E-state index contributed by atoms with van der Waals surface area (Å²) in [6, 6.07) is 11.8. The fourth-order valence-electron chi connectivity index (χ4n) is 4.86. The summed E-state index contributed by atoms with van der Waals surface area (Å²) in [5.41, 5.74) is 14.5. The van der Waals surface area contributed by atoms with Gasteiger partial charge in [0.25, 0.3) is 11.8 Å². The van der Waals surface area contributed by atoms with E-state index in [9.17, 15) is 14.4 Å². The number of amides is 3. The van der Waals surface area contributed by atoms with Crippen LogP contribution < -0.4 is 26.4 Å². The molecule has 1 saturated carbocycles. The summed E-state index contributed by atoms with van der Waals surface area (Å²) in [7, 11) is 0. The Bertz CT molecular complexity index is 1350.